The van der Waals surface area contributed by atoms with Crippen LogP contribution in [0.1, 0.15) is 52.5 Å². The molecule has 0 spiro atoms. The Hall–Kier alpha value is -3.15. The summed E-state index contributed by atoms with van der Waals surface area (Å²) in [6.45, 7) is 4.87. The Morgan fingerprint density at radius 3 is 2.11 bits per heavy atom. The minimum absolute atomic E-state index is 0.273. The van der Waals surface area contributed by atoms with Crippen LogP contribution in [0.4, 0.5) is 10.5 Å². The summed E-state index contributed by atoms with van der Waals surface area (Å²) >= 11 is 0. The summed E-state index contributed by atoms with van der Waals surface area (Å²) in [6.07, 6.45) is 0.491. The van der Waals surface area contributed by atoms with Crippen LogP contribution >= 0.6 is 0 Å². The molecule has 0 atom stereocenters. The lowest BCUT2D eigenvalue weighted by Gasteiger charge is -2.14. The van der Waals surface area contributed by atoms with Crippen molar-refractivity contribution in [2.24, 2.45) is 0 Å². The van der Waals surface area contributed by atoms with Crippen molar-refractivity contribution < 1.29 is 14.4 Å². The molecule has 2 aromatic carbocycles. The van der Waals surface area contributed by atoms with E-state index in [-0.39, 0.29) is 24.4 Å². The minimum Gasteiger partial charge on any atom is -0.338 e. The Morgan fingerprint density at radius 1 is 0.963 bits per heavy atom. The van der Waals surface area contributed by atoms with Gasteiger partial charge in [-0.25, -0.2) is 4.79 Å². The smallest absolute Gasteiger partial charge is 0.319 e. The van der Waals surface area contributed by atoms with Crippen molar-refractivity contribution in [1.82, 2.24) is 10.2 Å². The highest BCUT2D eigenvalue weighted by Crippen LogP contribution is 2.22. The van der Waals surface area contributed by atoms with Crippen LogP contribution in [0.2, 0.25) is 0 Å². The van der Waals surface area contributed by atoms with Crippen LogP contribution < -0.4 is 10.6 Å². The second-order valence-electron chi connectivity index (χ2n) is 6.82. The highest BCUT2D eigenvalue weighted by atomic mass is 16.2. The molecule has 6 nitrogen and oxygen atoms in total. The fourth-order valence-electron chi connectivity index (χ4n) is 3.01. The Morgan fingerprint density at radius 2 is 1.56 bits per heavy atom. The van der Waals surface area contributed by atoms with E-state index in [9.17, 15) is 14.4 Å². The Bertz CT molecular complexity index is 824. The topological polar surface area (TPSA) is 78.5 Å². The zero-order chi connectivity index (χ0) is 19.4. The van der Waals surface area contributed by atoms with Gasteiger partial charge >= 0.3 is 6.03 Å². The summed E-state index contributed by atoms with van der Waals surface area (Å²) in [5, 5.41) is 5.51. The third-order valence-electron chi connectivity index (χ3n) is 4.56. The highest BCUT2D eigenvalue weighted by Gasteiger charge is 2.34. The molecule has 1 aliphatic heterocycles. The van der Waals surface area contributed by atoms with E-state index in [1.807, 2.05) is 24.3 Å². The molecule has 2 N–H and O–H groups in total. The van der Waals surface area contributed by atoms with Gasteiger partial charge in [-0.2, -0.15) is 0 Å². The first-order chi connectivity index (χ1) is 13.0. The number of urea groups is 1. The molecule has 1 aliphatic rings. The third kappa shape index (κ3) is 4.16. The Balaban J connectivity index is 1.43. The van der Waals surface area contributed by atoms with Gasteiger partial charge in [0, 0.05) is 18.8 Å². The number of anilines is 1. The molecule has 0 aliphatic carbocycles. The van der Waals surface area contributed by atoms with Crippen molar-refractivity contribution in [2.75, 3.05) is 18.4 Å². The van der Waals surface area contributed by atoms with E-state index in [2.05, 4.69) is 24.5 Å². The number of benzene rings is 2. The highest BCUT2D eigenvalue weighted by molar-refractivity contribution is 6.21. The fourth-order valence-corrected chi connectivity index (χ4v) is 3.01. The van der Waals surface area contributed by atoms with Gasteiger partial charge < -0.3 is 10.6 Å². The third-order valence-corrected chi connectivity index (χ3v) is 4.56. The molecule has 1 heterocycles. The molecule has 3 rings (SSSR count). The molecule has 0 bridgehead atoms. The number of carbonyl (C=O) groups excluding carboxylic acids is 3. The van der Waals surface area contributed by atoms with Gasteiger partial charge in [-0.05, 0) is 42.2 Å². The average molecular weight is 365 g/mol. The van der Waals surface area contributed by atoms with E-state index in [0.29, 0.717) is 30.0 Å². The van der Waals surface area contributed by atoms with Gasteiger partial charge in [-0.3, -0.25) is 14.5 Å². The first-order valence-corrected chi connectivity index (χ1v) is 9.07. The summed E-state index contributed by atoms with van der Waals surface area (Å²) in [4.78, 5) is 37.7. The quantitative estimate of drug-likeness (QED) is 0.606. The zero-order valence-electron chi connectivity index (χ0n) is 15.5. The van der Waals surface area contributed by atoms with E-state index in [4.69, 9.17) is 0 Å². The molecule has 0 saturated carbocycles. The lowest BCUT2D eigenvalue weighted by atomic mass is 10.0. The van der Waals surface area contributed by atoms with Gasteiger partial charge in [0.05, 0.1) is 11.1 Å². The summed E-state index contributed by atoms with van der Waals surface area (Å²) in [7, 11) is 0. The van der Waals surface area contributed by atoms with E-state index in [0.717, 1.165) is 5.69 Å². The number of hydrogen-bond donors (Lipinski definition) is 2. The van der Waals surface area contributed by atoms with Crippen molar-refractivity contribution >= 4 is 23.5 Å². The van der Waals surface area contributed by atoms with Crippen molar-refractivity contribution in [2.45, 2.75) is 26.2 Å². The molecular weight excluding hydrogens is 342 g/mol. The van der Waals surface area contributed by atoms with E-state index < -0.39 is 0 Å². The standard InChI is InChI=1S/C21H23N3O3/c1-14(2)15-8-10-16(11-9-15)23-21(27)22-12-5-13-24-19(25)17-6-3-4-7-18(17)20(24)26/h3-4,6-11,14H,5,12-13H2,1-2H3,(H2,22,23,27). The maximum Gasteiger partial charge on any atom is 0.319 e. The number of nitrogens with zero attached hydrogens (tertiary/aromatic N) is 1. The lowest BCUT2D eigenvalue weighted by Crippen LogP contribution is -2.35. The number of fused-ring (bicyclic) bond motifs is 1. The normalized spacial score (nSPS) is 13.1. The first-order valence-electron chi connectivity index (χ1n) is 9.07. The first kappa shape index (κ1) is 18.6. The molecule has 4 amide bonds. The molecular formula is C21H23N3O3. The number of amides is 4. The number of imide groups is 1. The maximum absolute atomic E-state index is 12.3. The number of hydrogen-bond acceptors (Lipinski definition) is 3. The molecule has 2 aromatic rings. The Labute approximate surface area is 158 Å². The van der Waals surface area contributed by atoms with Crippen molar-refractivity contribution in [3.05, 3.63) is 65.2 Å². The van der Waals surface area contributed by atoms with E-state index in [1.165, 1.54) is 10.5 Å². The molecule has 0 radical (unpaired) electrons. The van der Waals surface area contributed by atoms with E-state index in [1.54, 1.807) is 24.3 Å². The van der Waals surface area contributed by atoms with Crippen LogP contribution in [-0.4, -0.2) is 35.8 Å². The van der Waals surface area contributed by atoms with Crippen LogP contribution in [0.5, 0.6) is 0 Å². The van der Waals surface area contributed by atoms with Gasteiger partial charge in [0.25, 0.3) is 11.8 Å². The zero-order valence-corrected chi connectivity index (χ0v) is 15.5. The molecule has 0 fully saturated rings. The largest absolute Gasteiger partial charge is 0.338 e. The van der Waals surface area contributed by atoms with Gasteiger partial charge in [-0.1, -0.05) is 38.1 Å². The number of nitrogens with one attached hydrogen (secondary N) is 2. The second kappa shape index (κ2) is 8.03. The SMILES string of the molecule is CC(C)c1ccc(NC(=O)NCCCN2C(=O)c3ccccc3C2=O)cc1. The monoisotopic (exact) mass is 365 g/mol. The van der Waals surface area contributed by atoms with Crippen LogP contribution in [0, 0.1) is 0 Å². The fraction of sp³-hybridized carbons (Fsp3) is 0.286. The van der Waals surface area contributed by atoms with Crippen LogP contribution in [0.25, 0.3) is 0 Å². The van der Waals surface area contributed by atoms with Crippen LogP contribution in [-0.2, 0) is 0 Å². The Kier molecular flexibility index (Phi) is 5.54. The minimum atomic E-state index is -0.311. The van der Waals surface area contributed by atoms with E-state index >= 15 is 0 Å². The maximum atomic E-state index is 12.3. The van der Waals surface area contributed by atoms with Crippen LogP contribution in [0.15, 0.2) is 48.5 Å². The molecule has 27 heavy (non-hydrogen) atoms. The van der Waals surface area contributed by atoms with Crippen molar-refractivity contribution in [3.8, 4) is 0 Å². The van der Waals surface area contributed by atoms with Crippen LogP contribution in [0.3, 0.4) is 0 Å². The van der Waals surface area contributed by atoms with Gasteiger partial charge in [0.2, 0.25) is 0 Å². The number of carbonyl (C=O) groups is 3. The predicted molar refractivity (Wildman–Crippen MR) is 104 cm³/mol. The molecule has 140 valence electrons. The predicted octanol–water partition coefficient (Wildman–Crippen LogP) is 3.62. The second-order valence-corrected chi connectivity index (χ2v) is 6.82. The summed E-state index contributed by atoms with van der Waals surface area (Å²) in [5.41, 5.74) is 2.82. The molecule has 6 heteroatoms. The average Bonchev–Trinajstić information content (AvgIpc) is 2.90. The van der Waals surface area contributed by atoms with Gasteiger partial charge in [0.1, 0.15) is 0 Å². The van der Waals surface area contributed by atoms with Crippen molar-refractivity contribution in [1.29, 1.82) is 0 Å². The molecule has 0 saturated heterocycles. The summed E-state index contributed by atoms with van der Waals surface area (Å²) in [5.74, 6) is -0.106. The van der Waals surface area contributed by atoms with Gasteiger partial charge in [0.15, 0.2) is 0 Å². The number of rotatable bonds is 6. The molecule has 0 aromatic heterocycles. The van der Waals surface area contributed by atoms with Crippen molar-refractivity contribution in [3.63, 3.8) is 0 Å². The summed E-state index contributed by atoms with van der Waals surface area (Å²) in [6, 6.07) is 14.2. The van der Waals surface area contributed by atoms with Gasteiger partial charge in [-0.15, -0.1) is 0 Å². The lowest BCUT2D eigenvalue weighted by molar-refractivity contribution is 0.0653. The molecule has 0 unspecified atom stereocenters. The summed E-state index contributed by atoms with van der Waals surface area (Å²) < 4.78 is 0.